The van der Waals surface area contributed by atoms with Crippen molar-refractivity contribution in [1.82, 2.24) is 29.9 Å². The van der Waals surface area contributed by atoms with Crippen molar-refractivity contribution in [2.45, 2.75) is 70.5 Å². The van der Waals surface area contributed by atoms with E-state index in [0.29, 0.717) is 37.5 Å². The second kappa shape index (κ2) is 14.0. The van der Waals surface area contributed by atoms with Crippen molar-refractivity contribution in [2.75, 3.05) is 33.4 Å². The number of nitrogens with one attached hydrogen (secondary N) is 1. The van der Waals surface area contributed by atoms with Crippen LogP contribution in [0.25, 0.3) is 11.0 Å². The molecule has 2 N–H and O–H groups in total. The molecule has 13 heteroatoms. The fourth-order valence-electron chi connectivity index (χ4n) is 5.57. The van der Waals surface area contributed by atoms with E-state index in [1.165, 1.54) is 12.0 Å². The summed E-state index contributed by atoms with van der Waals surface area (Å²) in [4.78, 5) is 45.4. The van der Waals surface area contributed by atoms with E-state index in [0.717, 1.165) is 29.5 Å². The summed E-state index contributed by atoms with van der Waals surface area (Å²) in [7, 11) is 1.32. The molecule has 3 heterocycles. The molecule has 1 saturated carbocycles. The van der Waals surface area contributed by atoms with Gasteiger partial charge in [0.1, 0.15) is 0 Å². The van der Waals surface area contributed by atoms with Gasteiger partial charge >= 0.3 is 12.2 Å². The molecule has 0 bridgehead atoms. The van der Waals surface area contributed by atoms with Crippen LogP contribution >= 0.6 is 0 Å². The van der Waals surface area contributed by atoms with Crippen molar-refractivity contribution in [3.05, 3.63) is 59.4 Å². The number of alkyl carbamates (subject to hydrolysis) is 1. The van der Waals surface area contributed by atoms with E-state index in [1.807, 2.05) is 65.9 Å². The van der Waals surface area contributed by atoms with Crippen LogP contribution in [0.3, 0.4) is 0 Å². The largest absolute Gasteiger partial charge is 0.465 e. The average Bonchev–Trinajstić information content (AvgIpc) is 3.80. The first kappa shape index (κ1) is 31.2. The van der Waals surface area contributed by atoms with Crippen molar-refractivity contribution >= 4 is 29.1 Å². The monoisotopic (exact) mass is 608 g/mol. The van der Waals surface area contributed by atoms with Gasteiger partial charge in [0.15, 0.2) is 11.8 Å². The molecule has 0 unspecified atom stereocenters. The number of amides is 3. The number of benzene rings is 1. The second-order valence-corrected chi connectivity index (χ2v) is 11.3. The first-order chi connectivity index (χ1) is 21.3. The maximum Gasteiger partial charge on any atom is 0.407 e. The van der Waals surface area contributed by atoms with Crippen LogP contribution < -0.4 is 5.32 Å². The number of rotatable bonds is 12. The Balaban J connectivity index is 1.29. The van der Waals surface area contributed by atoms with E-state index >= 15 is 0 Å². The fraction of sp³-hybridized carbons (Fsp3) is 0.516. The number of pyridine rings is 1. The Bertz CT molecular complexity index is 1460. The van der Waals surface area contributed by atoms with Crippen LogP contribution in [0.5, 0.6) is 0 Å². The minimum Gasteiger partial charge on any atom is -0.465 e. The third-order valence-electron chi connectivity index (χ3n) is 8.01. The van der Waals surface area contributed by atoms with Crippen molar-refractivity contribution in [2.24, 2.45) is 0 Å². The fourth-order valence-corrected chi connectivity index (χ4v) is 5.57. The smallest absolute Gasteiger partial charge is 0.407 e. The van der Waals surface area contributed by atoms with Gasteiger partial charge in [-0.15, -0.1) is 0 Å². The number of carbonyl (C=O) groups is 3. The molecule has 1 aromatic carbocycles. The van der Waals surface area contributed by atoms with Gasteiger partial charge in [-0.2, -0.15) is 5.10 Å². The molecule has 1 aliphatic carbocycles. The minimum atomic E-state index is -1.11. The number of methoxy groups -OCH3 is 1. The van der Waals surface area contributed by atoms with Gasteiger partial charge in [0, 0.05) is 30.2 Å². The number of carboxylic acid groups (broad SMARTS) is 1. The van der Waals surface area contributed by atoms with E-state index in [1.54, 1.807) is 0 Å². The number of hydrogen-bond donors (Lipinski definition) is 2. The summed E-state index contributed by atoms with van der Waals surface area (Å²) in [5.74, 6) is -0.250. The highest BCUT2D eigenvalue weighted by atomic mass is 16.5. The summed E-state index contributed by atoms with van der Waals surface area (Å²) in [5, 5.41) is 18.4. The number of aromatic nitrogens is 3. The maximum absolute atomic E-state index is 14.0. The Kier molecular flexibility index (Phi) is 9.95. The van der Waals surface area contributed by atoms with E-state index in [2.05, 4.69) is 10.1 Å². The van der Waals surface area contributed by atoms with Gasteiger partial charge in [0.05, 0.1) is 51.3 Å². The number of nitrogens with zero attached hydrogens (tertiary/aromatic N) is 5. The summed E-state index contributed by atoms with van der Waals surface area (Å²) in [6, 6.07) is 12.7. The van der Waals surface area contributed by atoms with Crippen LogP contribution in [0.1, 0.15) is 49.2 Å². The van der Waals surface area contributed by atoms with Crippen LogP contribution in [0.15, 0.2) is 42.5 Å². The SMILES string of the molecule is COC(=O)NCCCn1nc([C@@H](C)N(C(=O)[C@H]2CN(C(=O)O)[C@@H](COCc3ccccc3)CO2)C2CC2)c2ccc(C)nc21. The third-order valence-corrected chi connectivity index (χ3v) is 8.01. The Hall–Kier alpha value is -4.23. The van der Waals surface area contributed by atoms with Gasteiger partial charge in [-0.1, -0.05) is 30.3 Å². The van der Waals surface area contributed by atoms with Crippen LogP contribution in [-0.2, 0) is 32.2 Å². The van der Waals surface area contributed by atoms with E-state index in [-0.39, 0.29) is 31.7 Å². The molecule has 2 fully saturated rings. The Morgan fingerprint density at radius 3 is 2.66 bits per heavy atom. The number of hydrogen-bond acceptors (Lipinski definition) is 8. The molecule has 3 amide bonds. The van der Waals surface area contributed by atoms with Gasteiger partial charge in [-0.05, 0) is 50.8 Å². The summed E-state index contributed by atoms with van der Waals surface area (Å²) in [5.41, 5.74) is 3.25. The van der Waals surface area contributed by atoms with Gasteiger partial charge in [-0.3, -0.25) is 9.69 Å². The number of morpholine rings is 1. The summed E-state index contributed by atoms with van der Waals surface area (Å²) in [6.07, 6.45) is -0.212. The molecule has 1 aliphatic heterocycles. The maximum atomic E-state index is 14.0. The zero-order valence-corrected chi connectivity index (χ0v) is 25.3. The van der Waals surface area contributed by atoms with Gasteiger partial charge in [0.25, 0.3) is 5.91 Å². The van der Waals surface area contributed by atoms with E-state index in [9.17, 15) is 19.5 Å². The quantitative estimate of drug-likeness (QED) is 0.295. The van der Waals surface area contributed by atoms with Crippen molar-refractivity contribution in [3.8, 4) is 0 Å². The van der Waals surface area contributed by atoms with Crippen LogP contribution in [0, 0.1) is 6.92 Å². The Morgan fingerprint density at radius 2 is 1.95 bits per heavy atom. The van der Waals surface area contributed by atoms with Gasteiger partial charge in [-0.25, -0.2) is 19.3 Å². The number of ether oxygens (including phenoxy) is 3. The minimum absolute atomic E-state index is 0.0224. The highest BCUT2D eigenvalue weighted by Gasteiger charge is 2.44. The number of carbonyl (C=O) groups excluding carboxylic acids is 2. The highest BCUT2D eigenvalue weighted by Crippen LogP contribution is 2.37. The molecule has 3 aromatic rings. The normalized spacial score (nSPS) is 19.0. The molecular formula is C31H40N6O7. The summed E-state index contributed by atoms with van der Waals surface area (Å²) in [6.45, 7) is 5.28. The molecule has 5 rings (SSSR count). The lowest BCUT2D eigenvalue weighted by atomic mass is 10.1. The standard InChI is InChI=1S/C31H40N6O7/c1-20-10-13-25-27(34-36(28(25)33-20)15-7-14-32-30(39)42-3)21(2)37(23-11-12-23)29(38)26-16-35(31(40)41)24(19-44-26)18-43-17-22-8-5-4-6-9-22/h4-6,8-10,13,21,23-24,26H,7,11-12,14-19H2,1-3H3,(H,32,39)(H,40,41)/t21-,24+,26-/m1/s1. The lowest BCUT2D eigenvalue weighted by Gasteiger charge is -2.40. The van der Waals surface area contributed by atoms with E-state index < -0.39 is 30.4 Å². The van der Waals surface area contributed by atoms with E-state index in [4.69, 9.17) is 19.6 Å². The first-order valence-corrected chi connectivity index (χ1v) is 15.0. The molecule has 3 atom stereocenters. The molecule has 44 heavy (non-hydrogen) atoms. The van der Waals surface area contributed by atoms with Crippen molar-refractivity contribution < 1.29 is 33.7 Å². The molecule has 13 nitrogen and oxygen atoms in total. The molecule has 0 spiro atoms. The molecule has 2 aromatic heterocycles. The molecule has 236 valence electrons. The highest BCUT2D eigenvalue weighted by molar-refractivity contribution is 5.85. The Labute approximate surface area is 256 Å². The predicted molar refractivity (Wildman–Crippen MR) is 160 cm³/mol. The van der Waals surface area contributed by atoms with Crippen molar-refractivity contribution in [1.29, 1.82) is 0 Å². The summed E-state index contributed by atoms with van der Waals surface area (Å²) < 4.78 is 18.3. The zero-order chi connectivity index (χ0) is 31.2. The van der Waals surface area contributed by atoms with Crippen molar-refractivity contribution in [3.63, 3.8) is 0 Å². The summed E-state index contributed by atoms with van der Waals surface area (Å²) >= 11 is 0. The molecule has 2 aliphatic rings. The lowest BCUT2D eigenvalue weighted by molar-refractivity contribution is -0.156. The molecule has 1 saturated heterocycles. The number of fused-ring (bicyclic) bond motifs is 1. The molecular weight excluding hydrogens is 568 g/mol. The van der Waals surface area contributed by atoms with Gasteiger partial charge in [0.2, 0.25) is 0 Å². The van der Waals surface area contributed by atoms with Crippen LogP contribution in [-0.4, -0.2) is 99.4 Å². The molecule has 0 radical (unpaired) electrons. The third kappa shape index (κ3) is 7.28. The first-order valence-electron chi connectivity index (χ1n) is 15.0. The Morgan fingerprint density at radius 1 is 1.18 bits per heavy atom. The van der Waals surface area contributed by atoms with Crippen LogP contribution in [0.4, 0.5) is 9.59 Å². The number of aryl methyl sites for hydroxylation is 2. The topological polar surface area (TPSA) is 148 Å². The predicted octanol–water partition coefficient (Wildman–Crippen LogP) is 3.50. The lowest BCUT2D eigenvalue weighted by Crippen LogP contribution is -2.58. The second-order valence-electron chi connectivity index (χ2n) is 11.3. The van der Waals surface area contributed by atoms with Crippen LogP contribution in [0.2, 0.25) is 0 Å². The van der Waals surface area contributed by atoms with Gasteiger partial charge < -0.3 is 29.5 Å². The zero-order valence-electron chi connectivity index (χ0n) is 25.3. The average molecular weight is 609 g/mol.